The zero-order chi connectivity index (χ0) is 24.2. The highest BCUT2D eigenvalue weighted by molar-refractivity contribution is 7.89. The molecule has 0 heterocycles. The second kappa shape index (κ2) is 10.1. The molecule has 0 aliphatic heterocycles. The number of carbonyl (C=O) groups excluding carboxylic acids is 1. The Morgan fingerprint density at radius 1 is 1.00 bits per heavy atom. The van der Waals surface area contributed by atoms with Crippen molar-refractivity contribution in [3.05, 3.63) is 95.3 Å². The van der Waals surface area contributed by atoms with E-state index in [2.05, 4.69) is 0 Å². The van der Waals surface area contributed by atoms with Gasteiger partial charge in [-0.25, -0.2) is 12.8 Å². The summed E-state index contributed by atoms with van der Waals surface area (Å²) in [7, 11) is 0.548. The highest BCUT2D eigenvalue weighted by atomic mass is 32.2. The lowest BCUT2D eigenvalue weighted by Crippen LogP contribution is -2.30. The monoisotopic (exact) mass is 470 g/mol. The molecular weight excluding hydrogens is 443 g/mol. The third-order valence-corrected chi connectivity index (χ3v) is 7.43. The van der Waals surface area contributed by atoms with E-state index < -0.39 is 10.0 Å². The van der Waals surface area contributed by atoms with E-state index in [9.17, 15) is 17.6 Å². The van der Waals surface area contributed by atoms with Crippen LogP contribution in [-0.2, 0) is 16.6 Å². The lowest BCUT2D eigenvalue weighted by atomic mass is 10.1. The molecule has 33 heavy (non-hydrogen) atoms. The van der Waals surface area contributed by atoms with Crippen molar-refractivity contribution in [2.45, 2.75) is 24.4 Å². The van der Waals surface area contributed by atoms with Gasteiger partial charge < -0.3 is 9.64 Å². The molecular formula is C25H27FN2O4S. The van der Waals surface area contributed by atoms with Gasteiger partial charge in [-0.3, -0.25) is 4.79 Å². The minimum absolute atomic E-state index is 0.0860. The smallest absolute Gasteiger partial charge is 0.254 e. The third-order valence-electron chi connectivity index (χ3n) is 5.60. The molecule has 1 unspecified atom stereocenters. The molecule has 0 aliphatic rings. The summed E-state index contributed by atoms with van der Waals surface area (Å²) in [6.07, 6.45) is 0. The van der Waals surface area contributed by atoms with Crippen LogP contribution in [0.3, 0.4) is 0 Å². The zero-order valence-electron chi connectivity index (χ0n) is 19.0. The Bertz CT molecular complexity index is 1210. The van der Waals surface area contributed by atoms with Gasteiger partial charge in [0.05, 0.1) is 13.2 Å². The molecule has 0 N–H and O–H groups in total. The second-order valence-corrected chi connectivity index (χ2v) is 9.77. The highest BCUT2D eigenvalue weighted by Crippen LogP contribution is 2.30. The van der Waals surface area contributed by atoms with Crippen LogP contribution in [0.15, 0.2) is 77.7 Å². The molecule has 0 aromatic heterocycles. The Morgan fingerprint density at radius 2 is 1.64 bits per heavy atom. The number of rotatable bonds is 8. The standard InChI is InChI=1S/C25H27FN2O4S/c1-18(20-10-13-22(26)14-11-20)28(3)25(29)21-12-15-23(32-4)24(16-21)33(30,31)27(2)17-19-8-6-5-7-9-19/h5-16,18H,17H2,1-4H3. The number of halogens is 1. The van der Waals surface area contributed by atoms with Gasteiger partial charge in [0, 0.05) is 26.2 Å². The van der Waals surface area contributed by atoms with E-state index in [1.54, 1.807) is 19.2 Å². The van der Waals surface area contributed by atoms with E-state index in [4.69, 9.17) is 4.74 Å². The quantitative estimate of drug-likeness (QED) is 0.487. The minimum Gasteiger partial charge on any atom is -0.495 e. The number of sulfonamides is 1. The Morgan fingerprint density at radius 3 is 2.24 bits per heavy atom. The summed E-state index contributed by atoms with van der Waals surface area (Å²) < 4.78 is 46.4. The first-order chi connectivity index (χ1) is 15.6. The summed E-state index contributed by atoms with van der Waals surface area (Å²) in [5.74, 6) is -0.568. The van der Waals surface area contributed by atoms with E-state index in [0.29, 0.717) is 0 Å². The number of amides is 1. The molecule has 3 aromatic rings. The summed E-state index contributed by atoms with van der Waals surface area (Å²) in [6, 6.07) is 19.1. The Labute approximate surface area is 194 Å². The molecule has 174 valence electrons. The van der Waals surface area contributed by atoms with E-state index in [1.165, 1.54) is 53.7 Å². The molecule has 8 heteroatoms. The van der Waals surface area contributed by atoms with Crippen molar-refractivity contribution in [1.82, 2.24) is 9.21 Å². The molecule has 0 saturated heterocycles. The predicted molar refractivity (Wildman–Crippen MR) is 125 cm³/mol. The topological polar surface area (TPSA) is 66.9 Å². The van der Waals surface area contributed by atoms with Crippen molar-refractivity contribution in [3.8, 4) is 5.75 Å². The number of nitrogens with zero attached hydrogens (tertiary/aromatic N) is 2. The second-order valence-electron chi connectivity index (χ2n) is 7.76. The lowest BCUT2D eigenvalue weighted by molar-refractivity contribution is 0.0742. The van der Waals surface area contributed by atoms with Gasteiger partial charge in [-0.15, -0.1) is 0 Å². The van der Waals surface area contributed by atoms with Crippen molar-refractivity contribution in [2.75, 3.05) is 21.2 Å². The lowest BCUT2D eigenvalue weighted by Gasteiger charge is -2.26. The minimum atomic E-state index is -3.94. The maximum atomic E-state index is 13.3. The van der Waals surface area contributed by atoms with Gasteiger partial charge >= 0.3 is 0 Å². The summed E-state index contributed by atoms with van der Waals surface area (Å²) in [4.78, 5) is 14.6. The van der Waals surface area contributed by atoms with Crippen molar-refractivity contribution < 1.29 is 22.3 Å². The normalized spacial score (nSPS) is 12.4. The maximum Gasteiger partial charge on any atom is 0.254 e. The largest absolute Gasteiger partial charge is 0.495 e. The van der Waals surface area contributed by atoms with Gasteiger partial charge in [0.2, 0.25) is 10.0 Å². The van der Waals surface area contributed by atoms with Gasteiger partial charge in [-0.05, 0) is 48.4 Å². The molecule has 0 bridgehead atoms. The van der Waals surface area contributed by atoms with Gasteiger partial charge in [-0.1, -0.05) is 42.5 Å². The number of benzene rings is 3. The van der Waals surface area contributed by atoms with E-state index >= 15 is 0 Å². The van der Waals surface area contributed by atoms with Crippen LogP contribution in [0, 0.1) is 5.82 Å². The summed E-state index contributed by atoms with van der Waals surface area (Å²) >= 11 is 0. The van der Waals surface area contributed by atoms with Crippen LogP contribution < -0.4 is 4.74 Å². The van der Waals surface area contributed by atoms with Crippen LogP contribution in [0.5, 0.6) is 5.75 Å². The van der Waals surface area contributed by atoms with Crippen LogP contribution >= 0.6 is 0 Å². The molecule has 3 rings (SSSR count). The van der Waals surface area contributed by atoms with E-state index in [-0.39, 0.29) is 40.5 Å². The summed E-state index contributed by atoms with van der Waals surface area (Å²) in [6.45, 7) is 1.99. The highest BCUT2D eigenvalue weighted by Gasteiger charge is 2.28. The Hall–Kier alpha value is -3.23. The average Bonchev–Trinajstić information content (AvgIpc) is 2.83. The molecule has 0 aliphatic carbocycles. The first-order valence-corrected chi connectivity index (χ1v) is 11.8. The van der Waals surface area contributed by atoms with Crippen LogP contribution in [0.25, 0.3) is 0 Å². The molecule has 0 saturated carbocycles. The maximum absolute atomic E-state index is 13.3. The molecule has 3 aromatic carbocycles. The van der Waals surface area contributed by atoms with Gasteiger partial charge in [0.15, 0.2) is 0 Å². The number of ether oxygens (including phenoxy) is 1. The van der Waals surface area contributed by atoms with Crippen molar-refractivity contribution in [1.29, 1.82) is 0 Å². The zero-order valence-corrected chi connectivity index (χ0v) is 19.8. The molecule has 1 atom stereocenters. The molecule has 0 fully saturated rings. The number of carbonyl (C=O) groups is 1. The fraction of sp³-hybridized carbons (Fsp3) is 0.240. The van der Waals surface area contributed by atoms with Gasteiger partial charge in [0.25, 0.3) is 5.91 Å². The van der Waals surface area contributed by atoms with Gasteiger partial charge in [0.1, 0.15) is 16.5 Å². The molecule has 1 amide bonds. The van der Waals surface area contributed by atoms with Crippen molar-refractivity contribution in [3.63, 3.8) is 0 Å². The van der Waals surface area contributed by atoms with Crippen LogP contribution in [0.4, 0.5) is 4.39 Å². The Balaban J connectivity index is 1.90. The van der Waals surface area contributed by atoms with E-state index in [0.717, 1.165) is 11.1 Å². The first kappa shape index (κ1) is 24.4. The predicted octanol–water partition coefficient (Wildman–Crippen LogP) is 4.49. The van der Waals surface area contributed by atoms with Crippen LogP contribution in [0.1, 0.15) is 34.5 Å². The number of hydrogen-bond donors (Lipinski definition) is 0. The fourth-order valence-corrected chi connectivity index (χ4v) is 4.79. The van der Waals surface area contributed by atoms with Crippen molar-refractivity contribution in [2.24, 2.45) is 0 Å². The van der Waals surface area contributed by atoms with Crippen LogP contribution in [0.2, 0.25) is 0 Å². The van der Waals surface area contributed by atoms with Crippen LogP contribution in [-0.4, -0.2) is 44.7 Å². The Kier molecular flexibility index (Phi) is 7.50. The molecule has 0 spiro atoms. The van der Waals surface area contributed by atoms with Gasteiger partial charge in [-0.2, -0.15) is 4.31 Å². The first-order valence-electron chi connectivity index (χ1n) is 10.4. The number of hydrogen-bond acceptors (Lipinski definition) is 4. The summed E-state index contributed by atoms with van der Waals surface area (Å²) in [5, 5.41) is 0. The average molecular weight is 471 g/mol. The van der Waals surface area contributed by atoms with E-state index in [1.807, 2.05) is 37.3 Å². The molecule has 0 radical (unpaired) electrons. The number of methoxy groups -OCH3 is 1. The summed E-state index contributed by atoms with van der Waals surface area (Å²) in [5.41, 5.74) is 1.80. The van der Waals surface area contributed by atoms with Crippen molar-refractivity contribution >= 4 is 15.9 Å². The molecule has 6 nitrogen and oxygen atoms in total. The fourth-order valence-electron chi connectivity index (χ4n) is 3.45. The SMILES string of the molecule is COc1ccc(C(=O)N(C)C(C)c2ccc(F)cc2)cc1S(=O)(=O)N(C)Cc1ccccc1. The third kappa shape index (κ3) is 5.40.